The van der Waals surface area contributed by atoms with Gasteiger partial charge in [-0.2, -0.15) is 5.10 Å². The van der Waals surface area contributed by atoms with Gasteiger partial charge in [-0.1, -0.05) is 0 Å². The second-order valence-electron chi connectivity index (χ2n) is 5.86. The first-order valence-electron chi connectivity index (χ1n) is 7.76. The smallest absolute Gasteiger partial charge is 0.223 e. The van der Waals surface area contributed by atoms with Crippen molar-refractivity contribution in [2.45, 2.75) is 33.1 Å². The van der Waals surface area contributed by atoms with Gasteiger partial charge in [-0.05, 0) is 19.4 Å². The van der Waals surface area contributed by atoms with Gasteiger partial charge in [-0.15, -0.1) is 0 Å². The highest BCUT2D eigenvalue weighted by molar-refractivity contribution is 5.76. The number of aromatic nitrogens is 2. The first-order valence-corrected chi connectivity index (χ1v) is 7.76. The molecule has 1 aliphatic heterocycles. The van der Waals surface area contributed by atoms with Crippen molar-refractivity contribution >= 4 is 11.8 Å². The van der Waals surface area contributed by atoms with Crippen LogP contribution in [0.5, 0.6) is 0 Å². The Morgan fingerprint density at radius 3 is 2.41 bits per heavy atom. The van der Waals surface area contributed by atoms with Gasteiger partial charge in [0.1, 0.15) is 0 Å². The number of nitrogens with one attached hydrogen (secondary N) is 1. The number of H-pyrrole nitrogens is 1. The van der Waals surface area contributed by atoms with Crippen LogP contribution in [0.1, 0.15) is 29.8 Å². The van der Waals surface area contributed by atoms with Crippen molar-refractivity contribution in [1.82, 2.24) is 20.0 Å². The summed E-state index contributed by atoms with van der Waals surface area (Å²) in [7, 11) is 0. The van der Waals surface area contributed by atoms with Crippen LogP contribution in [0.25, 0.3) is 0 Å². The van der Waals surface area contributed by atoms with E-state index in [0.717, 1.165) is 43.1 Å². The van der Waals surface area contributed by atoms with E-state index < -0.39 is 0 Å². The molecule has 7 nitrogen and oxygen atoms in total. The van der Waals surface area contributed by atoms with Crippen LogP contribution in [0.4, 0.5) is 0 Å². The molecule has 7 heteroatoms. The maximum Gasteiger partial charge on any atom is 0.223 e. The van der Waals surface area contributed by atoms with E-state index in [1.165, 1.54) is 0 Å². The number of aromatic amines is 1. The highest BCUT2D eigenvalue weighted by atomic mass is 16.2. The molecule has 1 aromatic rings. The monoisotopic (exact) mass is 307 g/mol. The normalized spacial score (nSPS) is 16.0. The number of amides is 2. The number of piperazine rings is 1. The molecule has 0 spiro atoms. The summed E-state index contributed by atoms with van der Waals surface area (Å²) in [5, 5.41) is 7.19. The summed E-state index contributed by atoms with van der Waals surface area (Å²) in [6, 6.07) is 0. The summed E-state index contributed by atoms with van der Waals surface area (Å²) >= 11 is 0. The largest absolute Gasteiger partial charge is 0.370 e. The average Bonchev–Trinajstić information content (AvgIpc) is 2.82. The van der Waals surface area contributed by atoms with Crippen molar-refractivity contribution in [1.29, 1.82) is 0 Å². The first-order chi connectivity index (χ1) is 10.5. The lowest BCUT2D eigenvalue weighted by molar-refractivity contribution is -0.133. The third-order valence-corrected chi connectivity index (χ3v) is 4.33. The van der Waals surface area contributed by atoms with Gasteiger partial charge in [0.2, 0.25) is 11.8 Å². The highest BCUT2D eigenvalue weighted by Crippen LogP contribution is 2.12. The van der Waals surface area contributed by atoms with Crippen molar-refractivity contribution in [2.75, 3.05) is 32.7 Å². The molecular weight excluding hydrogens is 282 g/mol. The predicted octanol–water partition coefficient (Wildman–Crippen LogP) is -0.0213. The van der Waals surface area contributed by atoms with Crippen LogP contribution in [0.15, 0.2) is 0 Å². The lowest BCUT2D eigenvalue weighted by Crippen LogP contribution is -2.49. The number of primary amides is 1. The van der Waals surface area contributed by atoms with Crippen molar-refractivity contribution in [3.63, 3.8) is 0 Å². The van der Waals surface area contributed by atoms with Crippen LogP contribution in [0, 0.1) is 13.8 Å². The minimum Gasteiger partial charge on any atom is -0.370 e. The SMILES string of the molecule is Cc1[nH]nc(CCC(=O)N2CCN(CCC(N)=O)CC2)c1C. The standard InChI is InChI=1S/C15H25N5O2/c1-11-12(2)17-18-13(11)3-4-15(22)20-9-7-19(8-10-20)6-5-14(16)21/h3-10H2,1-2H3,(H2,16,21)(H,17,18). The summed E-state index contributed by atoms with van der Waals surface area (Å²) < 4.78 is 0. The molecule has 2 heterocycles. The second kappa shape index (κ2) is 7.40. The third kappa shape index (κ3) is 4.30. The molecule has 0 aromatic carbocycles. The Morgan fingerprint density at radius 1 is 1.18 bits per heavy atom. The zero-order valence-electron chi connectivity index (χ0n) is 13.4. The fourth-order valence-electron chi connectivity index (χ4n) is 2.65. The fraction of sp³-hybridized carbons (Fsp3) is 0.667. The van der Waals surface area contributed by atoms with E-state index in [9.17, 15) is 9.59 Å². The minimum absolute atomic E-state index is 0.176. The summed E-state index contributed by atoms with van der Waals surface area (Å²) in [6.07, 6.45) is 1.55. The number of carbonyl (C=O) groups is 2. The summed E-state index contributed by atoms with van der Waals surface area (Å²) in [5.74, 6) is -0.0993. The molecule has 0 radical (unpaired) electrons. The quantitative estimate of drug-likeness (QED) is 0.772. The molecule has 122 valence electrons. The van der Waals surface area contributed by atoms with Crippen LogP contribution in [-0.4, -0.2) is 64.5 Å². The van der Waals surface area contributed by atoms with E-state index in [2.05, 4.69) is 15.1 Å². The van der Waals surface area contributed by atoms with E-state index in [4.69, 9.17) is 5.73 Å². The van der Waals surface area contributed by atoms with Crippen LogP contribution >= 0.6 is 0 Å². The first kappa shape index (κ1) is 16.5. The number of nitrogens with zero attached hydrogens (tertiary/aromatic N) is 3. The van der Waals surface area contributed by atoms with Crippen molar-refractivity contribution in [3.05, 3.63) is 17.0 Å². The molecule has 1 aliphatic rings. The number of nitrogens with two attached hydrogens (primary N) is 1. The van der Waals surface area contributed by atoms with Crippen molar-refractivity contribution < 1.29 is 9.59 Å². The van der Waals surface area contributed by atoms with Gasteiger partial charge >= 0.3 is 0 Å². The molecule has 22 heavy (non-hydrogen) atoms. The van der Waals surface area contributed by atoms with Crippen LogP contribution < -0.4 is 5.73 Å². The molecule has 2 amide bonds. The second-order valence-corrected chi connectivity index (χ2v) is 5.86. The molecule has 1 fully saturated rings. The molecule has 0 saturated carbocycles. The Morgan fingerprint density at radius 2 is 1.86 bits per heavy atom. The number of carbonyl (C=O) groups excluding carboxylic acids is 2. The Balaban J connectivity index is 1.73. The molecule has 3 N–H and O–H groups in total. The molecular formula is C15H25N5O2. The van der Waals surface area contributed by atoms with Gasteiger partial charge in [0.05, 0.1) is 5.69 Å². The van der Waals surface area contributed by atoms with E-state index in [1.807, 2.05) is 18.7 Å². The zero-order chi connectivity index (χ0) is 16.1. The number of rotatable bonds is 6. The Labute approximate surface area is 130 Å². The average molecular weight is 307 g/mol. The molecule has 0 atom stereocenters. The molecule has 1 saturated heterocycles. The lowest BCUT2D eigenvalue weighted by Gasteiger charge is -2.34. The van der Waals surface area contributed by atoms with Crippen molar-refractivity contribution in [2.24, 2.45) is 5.73 Å². The fourth-order valence-corrected chi connectivity index (χ4v) is 2.65. The summed E-state index contributed by atoms with van der Waals surface area (Å²) in [5.41, 5.74) is 8.34. The maximum atomic E-state index is 12.3. The lowest BCUT2D eigenvalue weighted by atomic mass is 10.1. The molecule has 2 rings (SSSR count). The molecule has 0 bridgehead atoms. The van der Waals surface area contributed by atoms with Gasteiger partial charge in [-0.3, -0.25) is 19.6 Å². The maximum absolute atomic E-state index is 12.3. The van der Waals surface area contributed by atoms with Crippen molar-refractivity contribution in [3.8, 4) is 0 Å². The zero-order valence-corrected chi connectivity index (χ0v) is 13.4. The predicted molar refractivity (Wildman–Crippen MR) is 83.2 cm³/mol. The van der Waals surface area contributed by atoms with E-state index >= 15 is 0 Å². The van der Waals surface area contributed by atoms with Gasteiger partial charge in [0.25, 0.3) is 0 Å². The highest BCUT2D eigenvalue weighted by Gasteiger charge is 2.21. The number of aryl methyl sites for hydroxylation is 2. The third-order valence-electron chi connectivity index (χ3n) is 4.33. The minimum atomic E-state index is -0.275. The topological polar surface area (TPSA) is 95.3 Å². The molecule has 1 aromatic heterocycles. The van der Waals surface area contributed by atoms with Crippen LogP contribution in [0.2, 0.25) is 0 Å². The van der Waals surface area contributed by atoms with Gasteiger partial charge in [0.15, 0.2) is 0 Å². The number of hydrogen-bond acceptors (Lipinski definition) is 4. The van der Waals surface area contributed by atoms with E-state index in [0.29, 0.717) is 25.8 Å². The van der Waals surface area contributed by atoms with Gasteiger partial charge in [0, 0.05) is 57.7 Å². The van der Waals surface area contributed by atoms with Crippen LogP contribution in [-0.2, 0) is 16.0 Å². The van der Waals surface area contributed by atoms with Crippen LogP contribution in [0.3, 0.4) is 0 Å². The Kier molecular flexibility index (Phi) is 5.54. The number of hydrogen-bond donors (Lipinski definition) is 2. The summed E-state index contributed by atoms with van der Waals surface area (Å²) in [6.45, 7) is 7.74. The van der Waals surface area contributed by atoms with Gasteiger partial charge in [-0.25, -0.2) is 0 Å². The molecule has 0 unspecified atom stereocenters. The Hall–Kier alpha value is -1.89. The van der Waals surface area contributed by atoms with E-state index in [-0.39, 0.29) is 11.8 Å². The van der Waals surface area contributed by atoms with E-state index in [1.54, 1.807) is 0 Å². The van der Waals surface area contributed by atoms with Gasteiger partial charge < -0.3 is 10.6 Å². The Bertz CT molecular complexity index is 532. The molecule has 0 aliphatic carbocycles. The summed E-state index contributed by atoms with van der Waals surface area (Å²) in [4.78, 5) is 27.1.